The first-order chi connectivity index (χ1) is 8.63. The predicted octanol–water partition coefficient (Wildman–Crippen LogP) is 5.36. The minimum atomic E-state index is 0.860. The molecule has 1 aromatic carbocycles. The van der Waals surface area contributed by atoms with E-state index in [1.165, 1.54) is 11.1 Å². The van der Waals surface area contributed by atoms with Crippen molar-refractivity contribution in [2.75, 3.05) is 0 Å². The third kappa shape index (κ3) is 4.95. The van der Waals surface area contributed by atoms with Gasteiger partial charge in [0.1, 0.15) is 5.56 Å². The molecule has 0 fully saturated rings. The van der Waals surface area contributed by atoms with Crippen LogP contribution in [0.4, 0.5) is 0 Å². The third-order valence-electron chi connectivity index (χ3n) is 2.72. The van der Waals surface area contributed by atoms with Crippen LogP contribution in [-0.4, -0.2) is 0 Å². The van der Waals surface area contributed by atoms with Crippen LogP contribution in [0, 0.1) is 6.58 Å². The molecular formula is C18H21+. The van der Waals surface area contributed by atoms with E-state index < -0.39 is 0 Å². The highest BCUT2D eigenvalue weighted by Gasteiger charge is 2.09. The summed E-state index contributed by atoms with van der Waals surface area (Å²) in [7, 11) is 0. The number of rotatable bonds is 6. The molecule has 0 amide bonds. The standard InChI is InChI=1S/C18H21/c1-5-17(13-11-15(2)3)14-12-16(4)18-9-7-6-8-10-18/h4-11,13H,1,12,14H2,2-3H3/q+1/b17-13+. The Balaban J connectivity index is 2.59. The Morgan fingerprint density at radius 1 is 1.11 bits per heavy atom. The molecule has 0 aliphatic heterocycles. The summed E-state index contributed by atoms with van der Waals surface area (Å²) in [5.41, 5.74) is 4.55. The van der Waals surface area contributed by atoms with Crippen molar-refractivity contribution in [1.82, 2.24) is 0 Å². The maximum atomic E-state index is 6.09. The number of hydrogen-bond donors (Lipinski definition) is 0. The normalized spacial score (nSPS) is 10.8. The van der Waals surface area contributed by atoms with Gasteiger partial charge in [0, 0.05) is 18.6 Å². The highest BCUT2D eigenvalue weighted by atomic mass is 14.0. The lowest BCUT2D eigenvalue weighted by Gasteiger charge is -1.99. The van der Waals surface area contributed by atoms with Gasteiger partial charge in [-0.3, -0.25) is 0 Å². The Bertz CT molecular complexity index is 454. The van der Waals surface area contributed by atoms with Gasteiger partial charge < -0.3 is 0 Å². The highest BCUT2D eigenvalue weighted by molar-refractivity contribution is 5.62. The van der Waals surface area contributed by atoms with Crippen molar-refractivity contribution in [3.8, 4) is 0 Å². The summed E-state index contributed by atoms with van der Waals surface area (Å²) >= 11 is 0. The van der Waals surface area contributed by atoms with Crippen LogP contribution in [0.15, 0.2) is 66.3 Å². The molecule has 0 aliphatic carbocycles. The average molecular weight is 237 g/mol. The molecule has 0 aromatic heterocycles. The van der Waals surface area contributed by atoms with Crippen molar-refractivity contribution < 1.29 is 0 Å². The van der Waals surface area contributed by atoms with Crippen molar-refractivity contribution in [2.24, 2.45) is 0 Å². The van der Waals surface area contributed by atoms with Crippen LogP contribution in [0.2, 0.25) is 0 Å². The Kier molecular flexibility index (Phi) is 5.84. The molecule has 0 bridgehead atoms. The second-order valence-electron chi connectivity index (χ2n) is 4.58. The Morgan fingerprint density at radius 3 is 2.33 bits per heavy atom. The van der Waals surface area contributed by atoms with Gasteiger partial charge in [0.05, 0.1) is 6.58 Å². The van der Waals surface area contributed by atoms with E-state index in [-0.39, 0.29) is 0 Å². The molecule has 0 saturated heterocycles. The summed E-state index contributed by atoms with van der Waals surface area (Å²) in [5.74, 6) is 0. The third-order valence-corrected chi connectivity index (χ3v) is 2.72. The summed E-state index contributed by atoms with van der Waals surface area (Å²) < 4.78 is 0. The first-order valence-electron chi connectivity index (χ1n) is 6.26. The second kappa shape index (κ2) is 7.42. The lowest BCUT2D eigenvalue weighted by molar-refractivity contribution is 1.02. The summed E-state index contributed by atoms with van der Waals surface area (Å²) in [6, 6.07) is 10.1. The van der Waals surface area contributed by atoms with Crippen LogP contribution in [0.3, 0.4) is 0 Å². The van der Waals surface area contributed by atoms with Crippen molar-refractivity contribution in [2.45, 2.75) is 26.7 Å². The van der Waals surface area contributed by atoms with Gasteiger partial charge in [0.2, 0.25) is 0 Å². The molecule has 0 radical (unpaired) electrons. The minimum Gasteiger partial charge on any atom is -0.0988 e. The molecule has 0 nitrogen and oxygen atoms in total. The molecule has 0 heterocycles. The van der Waals surface area contributed by atoms with E-state index in [1.807, 2.05) is 36.4 Å². The maximum Gasteiger partial charge on any atom is 0.172 e. The van der Waals surface area contributed by atoms with Crippen molar-refractivity contribution >= 4 is 5.57 Å². The first kappa shape index (κ1) is 14.2. The van der Waals surface area contributed by atoms with Gasteiger partial charge in [0.15, 0.2) is 5.57 Å². The van der Waals surface area contributed by atoms with E-state index >= 15 is 0 Å². The lowest BCUT2D eigenvalue weighted by atomic mass is 9.99. The zero-order valence-electron chi connectivity index (χ0n) is 11.3. The fourth-order valence-corrected chi connectivity index (χ4v) is 1.60. The molecule has 0 atom stereocenters. The zero-order chi connectivity index (χ0) is 13.4. The van der Waals surface area contributed by atoms with E-state index in [0.717, 1.165) is 24.0 Å². The van der Waals surface area contributed by atoms with Crippen LogP contribution < -0.4 is 0 Å². The van der Waals surface area contributed by atoms with Crippen LogP contribution in [0.5, 0.6) is 0 Å². The summed E-state index contributed by atoms with van der Waals surface area (Å²) in [4.78, 5) is 0. The Labute approximate surface area is 111 Å². The van der Waals surface area contributed by atoms with Gasteiger partial charge in [-0.1, -0.05) is 36.4 Å². The summed E-state index contributed by atoms with van der Waals surface area (Å²) in [5, 5.41) is 0. The van der Waals surface area contributed by atoms with Crippen LogP contribution in [0.1, 0.15) is 32.3 Å². The van der Waals surface area contributed by atoms with E-state index in [9.17, 15) is 0 Å². The Hall–Kier alpha value is -1.91. The van der Waals surface area contributed by atoms with Crippen LogP contribution in [-0.2, 0) is 0 Å². The van der Waals surface area contributed by atoms with Gasteiger partial charge >= 0.3 is 0 Å². The van der Waals surface area contributed by atoms with Crippen LogP contribution >= 0.6 is 0 Å². The number of hydrogen-bond acceptors (Lipinski definition) is 0. The quantitative estimate of drug-likeness (QED) is 0.461. The fourth-order valence-electron chi connectivity index (χ4n) is 1.60. The molecular weight excluding hydrogens is 216 g/mol. The molecule has 0 unspecified atom stereocenters. The Morgan fingerprint density at radius 2 is 1.78 bits per heavy atom. The topological polar surface area (TPSA) is 0 Å². The molecule has 0 aliphatic rings. The van der Waals surface area contributed by atoms with Gasteiger partial charge in [-0.2, -0.15) is 0 Å². The van der Waals surface area contributed by atoms with Crippen LogP contribution in [0.25, 0.3) is 5.57 Å². The molecule has 0 N–H and O–H groups in total. The molecule has 0 saturated carbocycles. The van der Waals surface area contributed by atoms with Crippen molar-refractivity contribution in [3.05, 3.63) is 78.4 Å². The molecule has 0 heteroatoms. The number of benzene rings is 1. The summed E-state index contributed by atoms with van der Waals surface area (Å²) in [6.07, 6.45) is 7.90. The second-order valence-corrected chi connectivity index (χ2v) is 4.58. The predicted molar refractivity (Wildman–Crippen MR) is 81.1 cm³/mol. The molecule has 1 aromatic rings. The number of allylic oxidation sites excluding steroid dienone is 6. The first-order valence-corrected chi connectivity index (χ1v) is 6.26. The monoisotopic (exact) mass is 237 g/mol. The van der Waals surface area contributed by atoms with Gasteiger partial charge in [0.25, 0.3) is 0 Å². The fraction of sp³-hybridized carbons (Fsp3) is 0.222. The van der Waals surface area contributed by atoms with Crippen molar-refractivity contribution in [1.29, 1.82) is 0 Å². The van der Waals surface area contributed by atoms with Gasteiger partial charge in [-0.25, -0.2) is 0 Å². The van der Waals surface area contributed by atoms with Crippen molar-refractivity contribution in [3.63, 3.8) is 0 Å². The summed E-state index contributed by atoms with van der Waals surface area (Å²) in [6.45, 7) is 14.1. The van der Waals surface area contributed by atoms with Gasteiger partial charge in [-0.05, 0) is 38.0 Å². The molecule has 18 heavy (non-hydrogen) atoms. The molecule has 92 valence electrons. The molecule has 0 spiro atoms. The van der Waals surface area contributed by atoms with E-state index in [1.54, 1.807) is 0 Å². The average Bonchev–Trinajstić information content (AvgIpc) is 2.39. The highest BCUT2D eigenvalue weighted by Crippen LogP contribution is 2.20. The van der Waals surface area contributed by atoms with E-state index in [2.05, 4.69) is 32.6 Å². The zero-order valence-corrected chi connectivity index (χ0v) is 11.3. The van der Waals surface area contributed by atoms with E-state index in [0.29, 0.717) is 0 Å². The SMILES string of the molecule is [CH+]=C(CC/C(C=C)=C/C=C(C)C)c1ccccc1. The van der Waals surface area contributed by atoms with E-state index in [4.69, 9.17) is 6.58 Å². The largest absolute Gasteiger partial charge is 0.172 e. The minimum absolute atomic E-state index is 0.860. The lowest BCUT2D eigenvalue weighted by Crippen LogP contribution is -1.85. The molecule has 1 rings (SSSR count). The smallest absolute Gasteiger partial charge is 0.0988 e. The van der Waals surface area contributed by atoms with Gasteiger partial charge in [-0.15, -0.1) is 0 Å². The maximum absolute atomic E-state index is 6.09.